The summed E-state index contributed by atoms with van der Waals surface area (Å²) in [4.78, 5) is 12.1. The van der Waals surface area contributed by atoms with Crippen molar-refractivity contribution in [1.82, 2.24) is 0 Å². The molecule has 2 aromatic carbocycles. The molecule has 0 spiro atoms. The molecule has 0 saturated carbocycles. The maximum atomic E-state index is 12.1. The third-order valence-corrected chi connectivity index (χ3v) is 3.36. The molecule has 2 aromatic rings. The van der Waals surface area contributed by atoms with Gasteiger partial charge in [0.25, 0.3) is 0 Å². The van der Waals surface area contributed by atoms with Crippen LogP contribution in [0.2, 0.25) is 0 Å². The number of Topliss-reactive ketones (excluding diaryl/α,β-unsaturated/α-hetero) is 1. The number of hydrogen-bond acceptors (Lipinski definition) is 4. The molecule has 0 fully saturated rings. The van der Waals surface area contributed by atoms with Crippen molar-refractivity contribution in [2.24, 2.45) is 0 Å². The predicted octanol–water partition coefficient (Wildman–Crippen LogP) is 2.75. The minimum absolute atomic E-state index is 0.0223. The quantitative estimate of drug-likeness (QED) is 0.807. The summed E-state index contributed by atoms with van der Waals surface area (Å²) in [5.74, 6) is 1.36. The summed E-state index contributed by atoms with van der Waals surface area (Å²) >= 11 is 0. The van der Waals surface area contributed by atoms with Crippen molar-refractivity contribution in [1.29, 1.82) is 5.26 Å². The van der Waals surface area contributed by atoms with Crippen LogP contribution < -0.4 is 9.47 Å². The molecule has 4 nitrogen and oxygen atoms in total. The summed E-state index contributed by atoms with van der Waals surface area (Å²) in [5.41, 5.74) is 2.26. The second-order valence-electron chi connectivity index (χ2n) is 4.77. The molecule has 0 atom stereocenters. The monoisotopic (exact) mass is 279 g/mol. The Kier molecular flexibility index (Phi) is 3.57. The van der Waals surface area contributed by atoms with Crippen LogP contribution in [0.3, 0.4) is 0 Å². The van der Waals surface area contributed by atoms with E-state index in [9.17, 15) is 4.79 Å². The fourth-order valence-corrected chi connectivity index (χ4v) is 2.22. The first-order valence-electron chi connectivity index (χ1n) is 6.68. The third-order valence-electron chi connectivity index (χ3n) is 3.36. The first kappa shape index (κ1) is 13.2. The van der Waals surface area contributed by atoms with Crippen LogP contribution >= 0.6 is 0 Å². The van der Waals surface area contributed by atoms with Crippen molar-refractivity contribution < 1.29 is 14.3 Å². The molecule has 4 heteroatoms. The van der Waals surface area contributed by atoms with Crippen LogP contribution in [0.1, 0.15) is 21.5 Å². The Labute approximate surface area is 122 Å². The molecular formula is C17H13NO3. The van der Waals surface area contributed by atoms with Crippen LogP contribution in [0, 0.1) is 11.3 Å². The second-order valence-corrected chi connectivity index (χ2v) is 4.77. The molecule has 1 aliphatic rings. The van der Waals surface area contributed by atoms with E-state index in [0.717, 1.165) is 17.7 Å². The van der Waals surface area contributed by atoms with E-state index in [2.05, 4.69) is 0 Å². The molecule has 0 bridgehead atoms. The first-order valence-corrected chi connectivity index (χ1v) is 6.68. The van der Waals surface area contributed by atoms with Gasteiger partial charge in [0.1, 0.15) is 11.5 Å². The zero-order valence-electron chi connectivity index (χ0n) is 11.3. The van der Waals surface area contributed by atoms with Gasteiger partial charge in [0.15, 0.2) is 12.4 Å². The molecule has 3 rings (SSSR count). The Balaban J connectivity index is 1.65. The van der Waals surface area contributed by atoms with E-state index in [0.29, 0.717) is 23.5 Å². The van der Waals surface area contributed by atoms with Gasteiger partial charge in [0.2, 0.25) is 0 Å². The van der Waals surface area contributed by atoms with Gasteiger partial charge in [-0.05, 0) is 48.0 Å². The van der Waals surface area contributed by atoms with Crippen molar-refractivity contribution in [2.45, 2.75) is 6.42 Å². The topological polar surface area (TPSA) is 59.3 Å². The standard InChI is InChI=1S/C17H13NO3/c18-10-12-1-4-15(5-2-12)21-11-16(19)13-3-6-17-14(9-13)7-8-20-17/h1-6,9H,7-8,11H2. The highest BCUT2D eigenvalue weighted by molar-refractivity contribution is 5.97. The molecule has 0 amide bonds. The van der Waals surface area contributed by atoms with E-state index in [1.807, 2.05) is 18.2 Å². The predicted molar refractivity (Wildman–Crippen MR) is 76.6 cm³/mol. The lowest BCUT2D eigenvalue weighted by Gasteiger charge is -2.06. The Morgan fingerprint density at radius 2 is 2.05 bits per heavy atom. The molecule has 21 heavy (non-hydrogen) atoms. The molecule has 0 saturated heterocycles. The molecule has 0 N–H and O–H groups in total. The van der Waals surface area contributed by atoms with Gasteiger partial charge in [-0.2, -0.15) is 5.26 Å². The van der Waals surface area contributed by atoms with E-state index in [-0.39, 0.29) is 12.4 Å². The Morgan fingerprint density at radius 3 is 2.81 bits per heavy atom. The van der Waals surface area contributed by atoms with Gasteiger partial charge in [-0.25, -0.2) is 0 Å². The summed E-state index contributed by atoms with van der Waals surface area (Å²) in [5, 5.41) is 8.72. The summed E-state index contributed by atoms with van der Waals surface area (Å²) in [7, 11) is 0. The molecule has 104 valence electrons. The number of benzene rings is 2. The smallest absolute Gasteiger partial charge is 0.200 e. The Hall–Kier alpha value is -2.80. The summed E-state index contributed by atoms with van der Waals surface area (Å²) < 4.78 is 10.9. The van der Waals surface area contributed by atoms with Crippen molar-refractivity contribution in [3.05, 3.63) is 59.2 Å². The fourth-order valence-electron chi connectivity index (χ4n) is 2.22. The highest BCUT2D eigenvalue weighted by Crippen LogP contribution is 2.26. The lowest BCUT2D eigenvalue weighted by Crippen LogP contribution is -2.11. The van der Waals surface area contributed by atoms with Crippen LogP contribution in [-0.4, -0.2) is 19.0 Å². The second kappa shape index (κ2) is 5.68. The number of hydrogen-bond donors (Lipinski definition) is 0. The average molecular weight is 279 g/mol. The van der Waals surface area contributed by atoms with E-state index in [1.54, 1.807) is 30.3 Å². The van der Waals surface area contributed by atoms with Gasteiger partial charge in [0.05, 0.1) is 18.2 Å². The number of carbonyl (C=O) groups excluding carboxylic acids is 1. The number of carbonyl (C=O) groups is 1. The largest absolute Gasteiger partial charge is 0.493 e. The van der Waals surface area contributed by atoms with E-state index in [4.69, 9.17) is 14.7 Å². The van der Waals surface area contributed by atoms with Gasteiger partial charge in [-0.3, -0.25) is 4.79 Å². The Bertz CT molecular complexity index is 714. The highest BCUT2D eigenvalue weighted by atomic mass is 16.5. The minimum Gasteiger partial charge on any atom is -0.493 e. The Morgan fingerprint density at radius 1 is 1.24 bits per heavy atom. The normalized spacial score (nSPS) is 12.1. The fraction of sp³-hybridized carbons (Fsp3) is 0.176. The molecule has 0 unspecified atom stereocenters. The maximum absolute atomic E-state index is 12.1. The van der Waals surface area contributed by atoms with Crippen molar-refractivity contribution in [3.8, 4) is 17.6 Å². The summed E-state index contributed by atoms with van der Waals surface area (Å²) in [6, 6.07) is 14.2. The lowest BCUT2D eigenvalue weighted by molar-refractivity contribution is 0.0921. The number of rotatable bonds is 4. The molecule has 0 radical (unpaired) electrons. The van der Waals surface area contributed by atoms with E-state index >= 15 is 0 Å². The van der Waals surface area contributed by atoms with Crippen LogP contribution in [0.4, 0.5) is 0 Å². The molecule has 1 heterocycles. The highest BCUT2D eigenvalue weighted by Gasteiger charge is 2.15. The van der Waals surface area contributed by atoms with Crippen LogP contribution in [-0.2, 0) is 6.42 Å². The van der Waals surface area contributed by atoms with Gasteiger partial charge in [-0.15, -0.1) is 0 Å². The van der Waals surface area contributed by atoms with Gasteiger partial charge in [0, 0.05) is 12.0 Å². The van der Waals surface area contributed by atoms with Crippen molar-refractivity contribution in [2.75, 3.05) is 13.2 Å². The van der Waals surface area contributed by atoms with Gasteiger partial charge in [-0.1, -0.05) is 0 Å². The molecule has 0 aromatic heterocycles. The molecule has 0 aliphatic carbocycles. The van der Waals surface area contributed by atoms with Crippen LogP contribution in [0.25, 0.3) is 0 Å². The molecular weight excluding hydrogens is 266 g/mol. The van der Waals surface area contributed by atoms with Crippen molar-refractivity contribution >= 4 is 5.78 Å². The minimum atomic E-state index is -0.0749. The summed E-state index contributed by atoms with van der Waals surface area (Å²) in [6.07, 6.45) is 0.840. The average Bonchev–Trinajstić information content (AvgIpc) is 3.00. The zero-order valence-corrected chi connectivity index (χ0v) is 11.3. The van der Waals surface area contributed by atoms with Crippen LogP contribution in [0.15, 0.2) is 42.5 Å². The summed E-state index contributed by atoms with van der Waals surface area (Å²) in [6.45, 7) is 0.653. The maximum Gasteiger partial charge on any atom is 0.200 e. The van der Waals surface area contributed by atoms with E-state index < -0.39 is 0 Å². The zero-order chi connectivity index (χ0) is 14.7. The van der Waals surface area contributed by atoms with Crippen LogP contribution in [0.5, 0.6) is 11.5 Å². The van der Waals surface area contributed by atoms with E-state index in [1.165, 1.54) is 0 Å². The number of ketones is 1. The van der Waals surface area contributed by atoms with Crippen molar-refractivity contribution in [3.63, 3.8) is 0 Å². The SMILES string of the molecule is N#Cc1ccc(OCC(=O)c2ccc3c(c2)CCO3)cc1. The number of nitrogens with zero attached hydrogens (tertiary/aromatic N) is 1. The van der Waals surface area contributed by atoms with Gasteiger partial charge >= 0.3 is 0 Å². The van der Waals surface area contributed by atoms with Gasteiger partial charge < -0.3 is 9.47 Å². The number of nitriles is 1. The first-order chi connectivity index (χ1) is 10.3. The number of fused-ring (bicyclic) bond motifs is 1. The lowest BCUT2D eigenvalue weighted by atomic mass is 10.1. The third kappa shape index (κ3) is 2.87. The molecule has 1 aliphatic heterocycles. The number of ether oxygens (including phenoxy) is 2.